The largest absolute Gasteiger partial charge is 0.340 e. The van der Waals surface area contributed by atoms with Gasteiger partial charge in [0, 0.05) is 29.9 Å². The van der Waals surface area contributed by atoms with Crippen molar-refractivity contribution in [1.82, 2.24) is 15.0 Å². The summed E-state index contributed by atoms with van der Waals surface area (Å²) >= 11 is 1.65. The summed E-state index contributed by atoms with van der Waals surface area (Å²) in [4.78, 5) is 25.6. The molecule has 0 unspecified atom stereocenters. The highest BCUT2D eigenvalue weighted by atomic mass is 32.1. The quantitative estimate of drug-likeness (QED) is 0.896. The Morgan fingerprint density at radius 3 is 2.71 bits per heavy atom. The molecule has 0 spiro atoms. The van der Waals surface area contributed by atoms with Gasteiger partial charge in [-0.15, -0.1) is 11.3 Å². The van der Waals surface area contributed by atoms with Crippen LogP contribution in [0.25, 0.3) is 0 Å². The van der Waals surface area contributed by atoms with Gasteiger partial charge in [0.05, 0.1) is 11.6 Å². The van der Waals surface area contributed by atoms with Crippen molar-refractivity contribution in [3.8, 4) is 0 Å². The average Bonchev–Trinajstić information content (AvgIpc) is 2.68. The Hall–Kier alpha value is -1.69. The summed E-state index contributed by atoms with van der Waals surface area (Å²) in [5.74, 6) is 0.576. The van der Waals surface area contributed by atoms with Crippen molar-refractivity contribution in [1.29, 1.82) is 0 Å². The van der Waals surface area contributed by atoms with E-state index in [-0.39, 0.29) is 5.56 Å². The van der Waals surface area contributed by atoms with Gasteiger partial charge in [0.15, 0.2) is 0 Å². The Bertz CT molecular complexity index is 575. The standard InChI is InChI=1S/C11H14N4OS/c1-7-4-13-11(14-10(7)16)15(3)6-9-5-12-8(2)17-9/h4-5H,6H2,1-3H3,(H,13,14,16). The molecule has 2 aromatic rings. The predicted octanol–water partition coefficient (Wildman–Crippen LogP) is 1.48. The van der Waals surface area contributed by atoms with Crippen molar-refractivity contribution in [3.63, 3.8) is 0 Å². The van der Waals surface area contributed by atoms with Gasteiger partial charge in [-0.3, -0.25) is 9.78 Å². The lowest BCUT2D eigenvalue weighted by Gasteiger charge is -2.15. The number of H-pyrrole nitrogens is 1. The molecule has 0 fully saturated rings. The third-order valence-electron chi connectivity index (χ3n) is 2.39. The van der Waals surface area contributed by atoms with Crippen molar-refractivity contribution in [2.45, 2.75) is 20.4 Å². The number of aromatic nitrogens is 3. The van der Waals surface area contributed by atoms with E-state index in [0.29, 0.717) is 18.1 Å². The van der Waals surface area contributed by atoms with Gasteiger partial charge in [-0.1, -0.05) is 0 Å². The number of hydrogen-bond donors (Lipinski definition) is 1. The Balaban J connectivity index is 2.17. The fourth-order valence-corrected chi connectivity index (χ4v) is 2.28. The molecule has 0 saturated heterocycles. The lowest BCUT2D eigenvalue weighted by Crippen LogP contribution is -2.22. The van der Waals surface area contributed by atoms with E-state index in [0.717, 1.165) is 9.88 Å². The van der Waals surface area contributed by atoms with Crippen LogP contribution in [0.15, 0.2) is 17.2 Å². The highest BCUT2D eigenvalue weighted by Gasteiger charge is 2.07. The average molecular weight is 250 g/mol. The van der Waals surface area contributed by atoms with Crippen LogP contribution in [-0.4, -0.2) is 22.0 Å². The number of anilines is 1. The van der Waals surface area contributed by atoms with Crippen molar-refractivity contribution >= 4 is 17.3 Å². The first-order chi connectivity index (χ1) is 8.06. The normalized spacial score (nSPS) is 10.5. The lowest BCUT2D eigenvalue weighted by molar-refractivity contribution is 0.864. The molecule has 0 aliphatic rings. The maximum Gasteiger partial charge on any atom is 0.255 e. The van der Waals surface area contributed by atoms with Crippen LogP contribution >= 0.6 is 11.3 Å². The third kappa shape index (κ3) is 2.71. The molecule has 0 aliphatic heterocycles. The molecule has 5 nitrogen and oxygen atoms in total. The molecule has 0 radical (unpaired) electrons. The second-order valence-corrected chi connectivity index (χ2v) is 5.24. The van der Waals surface area contributed by atoms with Crippen molar-refractivity contribution in [2.24, 2.45) is 0 Å². The molecule has 0 saturated carbocycles. The maximum atomic E-state index is 11.5. The van der Waals surface area contributed by atoms with Crippen LogP contribution in [0.3, 0.4) is 0 Å². The first-order valence-corrected chi connectivity index (χ1v) is 6.06. The SMILES string of the molecule is Cc1ncc(CN(C)c2ncc(C)c(=O)[nH]2)s1. The van der Waals surface area contributed by atoms with E-state index in [9.17, 15) is 4.79 Å². The fraction of sp³-hybridized carbons (Fsp3) is 0.364. The van der Waals surface area contributed by atoms with Crippen LogP contribution in [0.2, 0.25) is 0 Å². The molecule has 0 bridgehead atoms. The minimum atomic E-state index is -0.0951. The van der Waals surface area contributed by atoms with Gasteiger partial charge >= 0.3 is 0 Å². The minimum absolute atomic E-state index is 0.0951. The molecule has 17 heavy (non-hydrogen) atoms. The summed E-state index contributed by atoms with van der Waals surface area (Å²) in [5, 5.41) is 1.04. The number of aromatic amines is 1. The number of thiazole rings is 1. The zero-order chi connectivity index (χ0) is 12.4. The van der Waals surface area contributed by atoms with Gasteiger partial charge in [-0.25, -0.2) is 9.97 Å². The Morgan fingerprint density at radius 1 is 1.35 bits per heavy atom. The molecule has 0 atom stereocenters. The summed E-state index contributed by atoms with van der Waals surface area (Å²) in [7, 11) is 1.89. The van der Waals surface area contributed by atoms with E-state index < -0.39 is 0 Å². The Labute approximate surface area is 103 Å². The maximum absolute atomic E-state index is 11.5. The zero-order valence-electron chi connectivity index (χ0n) is 10.0. The van der Waals surface area contributed by atoms with Crippen LogP contribution in [0, 0.1) is 13.8 Å². The van der Waals surface area contributed by atoms with Crippen LogP contribution in [0.5, 0.6) is 0 Å². The van der Waals surface area contributed by atoms with E-state index in [1.54, 1.807) is 24.5 Å². The molecule has 90 valence electrons. The van der Waals surface area contributed by atoms with E-state index in [2.05, 4.69) is 15.0 Å². The van der Waals surface area contributed by atoms with Gasteiger partial charge in [-0.2, -0.15) is 0 Å². The third-order valence-corrected chi connectivity index (χ3v) is 3.29. The van der Waals surface area contributed by atoms with Crippen molar-refractivity contribution in [2.75, 3.05) is 11.9 Å². The highest BCUT2D eigenvalue weighted by molar-refractivity contribution is 7.11. The van der Waals surface area contributed by atoms with Crippen LogP contribution in [0.1, 0.15) is 15.4 Å². The van der Waals surface area contributed by atoms with Crippen LogP contribution in [0.4, 0.5) is 5.95 Å². The highest BCUT2D eigenvalue weighted by Crippen LogP contribution is 2.15. The summed E-state index contributed by atoms with van der Waals surface area (Å²) in [6.45, 7) is 4.40. The summed E-state index contributed by atoms with van der Waals surface area (Å²) in [6.07, 6.45) is 3.44. The topological polar surface area (TPSA) is 61.9 Å². The van der Waals surface area contributed by atoms with E-state index in [1.807, 2.05) is 25.1 Å². The smallest absolute Gasteiger partial charge is 0.255 e. The second kappa shape index (κ2) is 4.67. The number of nitrogens with zero attached hydrogens (tertiary/aromatic N) is 3. The van der Waals surface area contributed by atoms with Gasteiger partial charge in [-0.05, 0) is 13.8 Å². The van der Waals surface area contributed by atoms with Gasteiger partial charge in [0.25, 0.3) is 5.56 Å². The minimum Gasteiger partial charge on any atom is -0.340 e. The van der Waals surface area contributed by atoms with E-state index >= 15 is 0 Å². The second-order valence-electron chi connectivity index (χ2n) is 3.92. The van der Waals surface area contributed by atoms with Crippen molar-refractivity contribution in [3.05, 3.63) is 38.2 Å². The van der Waals surface area contributed by atoms with Crippen molar-refractivity contribution < 1.29 is 0 Å². The number of nitrogens with one attached hydrogen (secondary N) is 1. The molecule has 0 aliphatic carbocycles. The lowest BCUT2D eigenvalue weighted by atomic mass is 10.4. The number of rotatable bonds is 3. The van der Waals surface area contributed by atoms with Crippen LogP contribution < -0.4 is 10.5 Å². The number of hydrogen-bond acceptors (Lipinski definition) is 5. The zero-order valence-corrected chi connectivity index (χ0v) is 10.8. The Kier molecular flexibility index (Phi) is 3.23. The van der Waals surface area contributed by atoms with E-state index in [4.69, 9.17) is 0 Å². The molecule has 0 amide bonds. The summed E-state index contributed by atoms with van der Waals surface area (Å²) < 4.78 is 0. The Morgan fingerprint density at radius 2 is 2.12 bits per heavy atom. The fourth-order valence-electron chi connectivity index (χ4n) is 1.43. The van der Waals surface area contributed by atoms with Gasteiger partial charge in [0.2, 0.25) is 5.95 Å². The van der Waals surface area contributed by atoms with Gasteiger partial charge in [0.1, 0.15) is 0 Å². The monoisotopic (exact) mass is 250 g/mol. The number of aryl methyl sites for hydroxylation is 2. The first-order valence-electron chi connectivity index (χ1n) is 5.24. The molecule has 6 heteroatoms. The molecule has 1 N–H and O–H groups in total. The molecule has 2 heterocycles. The molecular weight excluding hydrogens is 236 g/mol. The molecule has 2 rings (SSSR count). The molecule has 0 aromatic carbocycles. The van der Waals surface area contributed by atoms with E-state index in [1.165, 1.54) is 0 Å². The first kappa shape index (κ1) is 11.8. The molecular formula is C11H14N4OS. The summed E-state index contributed by atoms with van der Waals surface area (Å²) in [6, 6.07) is 0. The molecule has 2 aromatic heterocycles. The summed E-state index contributed by atoms with van der Waals surface area (Å²) in [5.41, 5.74) is 0.526. The van der Waals surface area contributed by atoms with Gasteiger partial charge < -0.3 is 4.90 Å². The van der Waals surface area contributed by atoms with Crippen LogP contribution in [-0.2, 0) is 6.54 Å². The predicted molar refractivity (Wildman–Crippen MR) is 68.6 cm³/mol.